The number of benzene rings is 3. The predicted octanol–water partition coefficient (Wildman–Crippen LogP) is 6.02. The van der Waals surface area contributed by atoms with Crippen LogP contribution in [-0.4, -0.2) is 0 Å². The van der Waals surface area contributed by atoms with Gasteiger partial charge in [-0.3, -0.25) is 0 Å². The van der Waals surface area contributed by atoms with Crippen LogP contribution in [0.4, 0.5) is 0 Å². The van der Waals surface area contributed by atoms with Gasteiger partial charge in [-0.1, -0.05) is 103 Å². The maximum atomic E-state index is 13.6. The second-order valence-corrected chi connectivity index (χ2v) is 8.03. The third-order valence-corrected chi connectivity index (χ3v) is 6.03. The summed E-state index contributed by atoms with van der Waals surface area (Å²) in [6, 6.07) is 29.5. The Bertz CT molecular complexity index is 812. The molecule has 3 aromatic rings. The summed E-state index contributed by atoms with van der Waals surface area (Å²) in [5, 5.41) is 0.837. The largest absolute Gasteiger partial charge is 0.310 e. The molecular formula is C22H19OP. The van der Waals surface area contributed by atoms with Gasteiger partial charge in [0.15, 0.2) is 7.14 Å². The Kier molecular flexibility index (Phi) is 5.25. The highest BCUT2D eigenvalue weighted by Gasteiger charge is 2.17. The van der Waals surface area contributed by atoms with Crippen LogP contribution in [0.25, 0.3) is 12.2 Å². The van der Waals surface area contributed by atoms with Crippen LogP contribution >= 0.6 is 7.14 Å². The zero-order valence-corrected chi connectivity index (χ0v) is 14.2. The van der Waals surface area contributed by atoms with Crippen molar-refractivity contribution in [1.29, 1.82) is 0 Å². The fourth-order valence-corrected chi connectivity index (χ4v) is 4.27. The van der Waals surface area contributed by atoms with Crippen molar-refractivity contribution in [3.8, 4) is 0 Å². The van der Waals surface area contributed by atoms with Gasteiger partial charge in [-0.05, 0) is 22.8 Å². The van der Waals surface area contributed by atoms with E-state index in [-0.39, 0.29) is 0 Å². The first-order valence-electron chi connectivity index (χ1n) is 7.90. The van der Waals surface area contributed by atoms with Crippen LogP contribution in [0.2, 0.25) is 0 Å². The quantitative estimate of drug-likeness (QED) is 0.523. The Morgan fingerprint density at radius 3 is 1.33 bits per heavy atom. The predicted molar refractivity (Wildman–Crippen MR) is 105 cm³/mol. The van der Waals surface area contributed by atoms with E-state index in [1.807, 2.05) is 115 Å². The molecule has 2 heteroatoms. The lowest BCUT2D eigenvalue weighted by atomic mass is 10.2. The van der Waals surface area contributed by atoms with Crippen LogP contribution in [0, 0.1) is 0 Å². The number of rotatable bonds is 5. The molecule has 0 unspecified atom stereocenters. The summed E-state index contributed by atoms with van der Waals surface area (Å²) in [5.74, 6) is 3.66. The minimum Gasteiger partial charge on any atom is -0.310 e. The standard InChI is InChI=1S/C22H19OP/c23-24(22-14-8-3-9-15-22,18-16-20-10-4-1-5-11-20)19-17-21-12-6-2-7-13-21/h1-19H/b18-16+,19-17+. The van der Waals surface area contributed by atoms with Gasteiger partial charge in [-0.25, -0.2) is 0 Å². The van der Waals surface area contributed by atoms with E-state index in [9.17, 15) is 4.57 Å². The fraction of sp³-hybridized carbons (Fsp3) is 0. The molecule has 1 nitrogen and oxygen atoms in total. The minimum atomic E-state index is -2.76. The smallest absolute Gasteiger partial charge is 0.157 e. The minimum absolute atomic E-state index is 0.837. The SMILES string of the molecule is O=P(/C=C/c1ccccc1)(/C=C/c1ccccc1)c1ccccc1. The van der Waals surface area contributed by atoms with Crippen molar-refractivity contribution in [1.82, 2.24) is 0 Å². The highest BCUT2D eigenvalue weighted by atomic mass is 31.2. The highest BCUT2D eigenvalue weighted by molar-refractivity contribution is 7.77. The molecule has 0 aromatic heterocycles. The van der Waals surface area contributed by atoms with E-state index in [4.69, 9.17) is 0 Å². The molecular weight excluding hydrogens is 311 g/mol. The molecule has 0 saturated carbocycles. The van der Waals surface area contributed by atoms with E-state index in [1.54, 1.807) is 0 Å². The molecule has 0 radical (unpaired) electrons. The molecule has 24 heavy (non-hydrogen) atoms. The Balaban J connectivity index is 1.97. The van der Waals surface area contributed by atoms with Crippen molar-refractivity contribution in [3.63, 3.8) is 0 Å². The number of hydrogen-bond acceptors (Lipinski definition) is 1. The molecule has 0 atom stereocenters. The van der Waals surface area contributed by atoms with Crippen molar-refractivity contribution in [2.24, 2.45) is 0 Å². The third-order valence-electron chi connectivity index (χ3n) is 3.74. The van der Waals surface area contributed by atoms with Crippen molar-refractivity contribution in [2.45, 2.75) is 0 Å². The molecule has 0 amide bonds. The first-order chi connectivity index (χ1) is 11.8. The van der Waals surface area contributed by atoms with E-state index in [0.717, 1.165) is 16.4 Å². The van der Waals surface area contributed by atoms with Crippen LogP contribution in [0.3, 0.4) is 0 Å². The van der Waals surface area contributed by atoms with Crippen molar-refractivity contribution in [2.75, 3.05) is 0 Å². The lowest BCUT2D eigenvalue weighted by Crippen LogP contribution is -1.99. The summed E-state index contributed by atoms with van der Waals surface area (Å²) in [6.07, 6.45) is 3.87. The molecule has 0 bridgehead atoms. The maximum absolute atomic E-state index is 13.6. The third kappa shape index (κ3) is 4.22. The molecule has 0 heterocycles. The second-order valence-electron chi connectivity index (χ2n) is 5.50. The average molecular weight is 330 g/mol. The molecule has 0 aliphatic rings. The first-order valence-corrected chi connectivity index (χ1v) is 9.74. The zero-order chi connectivity index (χ0) is 16.7. The van der Waals surface area contributed by atoms with Crippen LogP contribution in [-0.2, 0) is 4.57 Å². The van der Waals surface area contributed by atoms with E-state index < -0.39 is 7.14 Å². The van der Waals surface area contributed by atoms with E-state index in [1.165, 1.54) is 0 Å². The Labute approximate surface area is 143 Å². The lowest BCUT2D eigenvalue weighted by molar-refractivity contribution is 0.592. The van der Waals surface area contributed by atoms with Gasteiger partial charge in [0.1, 0.15) is 0 Å². The summed E-state index contributed by atoms with van der Waals surface area (Å²) in [6.45, 7) is 0. The van der Waals surface area contributed by atoms with Crippen molar-refractivity contribution in [3.05, 3.63) is 114 Å². The molecule has 0 saturated heterocycles. The van der Waals surface area contributed by atoms with E-state index >= 15 is 0 Å². The normalized spacial score (nSPS) is 12.0. The van der Waals surface area contributed by atoms with Gasteiger partial charge in [0.25, 0.3) is 0 Å². The molecule has 0 spiro atoms. The van der Waals surface area contributed by atoms with Gasteiger partial charge in [0.2, 0.25) is 0 Å². The summed E-state index contributed by atoms with van der Waals surface area (Å²) in [5.41, 5.74) is 2.09. The molecule has 0 aliphatic carbocycles. The Morgan fingerprint density at radius 1 is 0.542 bits per heavy atom. The first kappa shape index (κ1) is 16.2. The highest BCUT2D eigenvalue weighted by Crippen LogP contribution is 2.48. The average Bonchev–Trinajstić information content (AvgIpc) is 2.67. The summed E-state index contributed by atoms with van der Waals surface area (Å²) in [7, 11) is -2.76. The Morgan fingerprint density at radius 2 is 0.917 bits per heavy atom. The topological polar surface area (TPSA) is 17.1 Å². The van der Waals surface area contributed by atoms with Gasteiger partial charge in [-0.2, -0.15) is 0 Å². The van der Waals surface area contributed by atoms with Gasteiger partial charge in [-0.15, -0.1) is 0 Å². The monoisotopic (exact) mass is 330 g/mol. The van der Waals surface area contributed by atoms with Crippen molar-refractivity contribution >= 4 is 24.6 Å². The van der Waals surface area contributed by atoms with Crippen LogP contribution in [0.1, 0.15) is 11.1 Å². The number of hydrogen-bond donors (Lipinski definition) is 0. The van der Waals surface area contributed by atoms with Crippen molar-refractivity contribution < 1.29 is 4.57 Å². The fourth-order valence-electron chi connectivity index (χ4n) is 2.40. The lowest BCUT2D eigenvalue weighted by Gasteiger charge is -2.10. The summed E-state index contributed by atoms with van der Waals surface area (Å²) >= 11 is 0. The molecule has 118 valence electrons. The summed E-state index contributed by atoms with van der Waals surface area (Å²) < 4.78 is 13.6. The molecule has 3 rings (SSSR count). The Hall–Kier alpha value is -2.63. The van der Waals surface area contributed by atoms with Gasteiger partial charge < -0.3 is 4.57 Å². The molecule has 0 fully saturated rings. The van der Waals surface area contributed by atoms with Crippen LogP contribution in [0.5, 0.6) is 0 Å². The van der Waals surface area contributed by atoms with Crippen LogP contribution in [0.15, 0.2) is 103 Å². The molecule has 0 aliphatic heterocycles. The molecule has 3 aromatic carbocycles. The summed E-state index contributed by atoms with van der Waals surface area (Å²) in [4.78, 5) is 0. The van der Waals surface area contributed by atoms with Gasteiger partial charge >= 0.3 is 0 Å². The van der Waals surface area contributed by atoms with Gasteiger partial charge in [0, 0.05) is 5.30 Å². The van der Waals surface area contributed by atoms with E-state index in [2.05, 4.69) is 0 Å². The molecule has 0 N–H and O–H groups in total. The second kappa shape index (κ2) is 7.77. The van der Waals surface area contributed by atoms with E-state index in [0.29, 0.717) is 0 Å². The van der Waals surface area contributed by atoms with Gasteiger partial charge in [0.05, 0.1) is 0 Å². The maximum Gasteiger partial charge on any atom is 0.157 e. The zero-order valence-electron chi connectivity index (χ0n) is 13.3. The van der Waals surface area contributed by atoms with Crippen LogP contribution < -0.4 is 5.30 Å².